The maximum atomic E-state index is 12.2. The number of benzene rings is 1. The second-order valence-corrected chi connectivity index (χ2v) is 5.50. The highest BCUT2D eigenvalue weighted by Gasteiger charge is 2.14. The molecule has 0 fully saturated rings. The Labute approximate surface area is 139 Å². The van der Waals surface area contributed by atoms with E-state index in [0.717, 1.165) is 11.3 Å². The highest BCUT2D eigenvalue weighted by molar-refractivity contribution is 5.76. The van der Waals surface area contributed by atoms with Gasteiger partial charge in [-0.3, -0.25) is 4.79 Å². The van der Waals surface area contributed by atoms with Gasteiger partial charge in [0.15, 0.2) is 0 Å². The number of hydrogen-bond acceptors (Lipinski definition) is 5. The third-order valence-corrected chi connectivity index (χ3v) is 3.79. The number of nitrogens with one attached hydrogen (secondary N) is 1. The number of para-hydroxylation sites is 1. The van der Waals surface area contributed by atoms with Gasteiger partial charge in [0.25, 0.3) is 0 Å². The molecule has 1 amide bonds. The summed E-state index contributed by atoms with van der Waals surface area (Å²) < 4.78 is 3.41. The predicted molar refractivity (Wildman–Crippen MR) is 87.3 cm³/mol. The smallest absolute Gasteiger partial charge is 0.222 e. The van der Waals surface area contributed by atoms with Crippen molar-refractivity contribution in [3.05, 3.63) is 54.1 Å². The van der Waals surface area contributed by atoms with Crippen molar-refractivity contribution in [1.82, 2.24) is 35.3 Å². The fraction of sp³-hybridized carbons (Fsp3) is 0.312. The van der Waals surface area contributed by atoms with Crippen LogP contribution in [0.25, 0.3) is 5.69 Å². The number of nitrogens with zero attached hydrogens (tertiary/aromatic N) is 6. The first-order chi connectivity index (χ1) is 11.6. The van der Waals surface area contributed by atoms with Crippen LogP contribution < -0.4 is 5.32 Å². The molecule has 0 bridgehead atoms. The topological polar surface area (TPSA) is 90.5 Å². The van der Waals surface area contributed by atoms with Crippen LogP contribution in [0.5, 0.6) is 0 Å². The lowest BCUT2D eigenvalue weighted by Crippen LogP contribution is -2.28. The van der Waals surface area contributed by atoms with E-state index < -0.39 is 0 Å². The fourth-order valence-corrected chi connectivity index (χ4v) is 2.53. The molecule has 0 unspecified atom stereocenters. The van der Waals surface area contributed by atoms with Crippen molar-refractivity contribution in [2.75, 3.05) is 0 Å². The summed E-state index contributed by atoms with van der Waals surface area (Å²) in [6.45, 7) is 4.22. The zero-order valence-corrected chi connectivity index (χ0v) is 13.6. The lowest BCUT2D eigenvalue weighted by Gasteiger charge is -2.18. The van der Waals surface area contributed by atoms with Crippen LogP contribution in [-0.2, 0) is 11.3 Å². The van der Waals surface area contributed by atoms with E-state index in [0.29, 0.717) is 18.8 Å². The maximum absolute atomic E-state index is 12.2. The molecule has 8 nitrogen and oxygen atoms in total. The average molecular weight is 325 g/mol. The van der Waals surface area contributed by atoms with Gasteiger partial charge in [-0.1, -0.05) is 18.2 Å². The van der Waals surface area contributed by atoms with E-state index in [1.807, 2.05) is 43.5 Å². The van der Waals surface area contributed by atoms with E-state index in [1.54, 1.807) is 22.5 Å². The van der Waals surface area contributed by atoms with Crippen LogP contribution in [0.4, 0.5) is 0 Å². The van der Waals surface area contributed by atoms with Gasteiger partial charge in [0.05, 0.1) is 18.3 Å². The van der Waals surface area contributed by atoms with Crippen molar-refractivity contribution in [3.63, 3.8) is 0 Å². The molecule has 1 N–H and O–H groups in total. The Balaban J connectivity index is 1.66. The van der Waals surface area contributed by atoms with Crippen molar-refractivity contribution in [2.45, 2.75) is 32.9 Å². The Kier molecular flexibility index (Phi) is 4.64. The molecule has 0 spiro atoms. The Hall–Kier alpha value is -3.03. The second-order valence-electron chi connectivity index (χ2n) is 5.50. The first kappa shape index (κ1) is 15.9. The molecule has 1 atom stereocenters. The highest BCUT2D eigenvalue weighted by atomic mass is 16.1. The molecule has 124 valence electrons. The minimum atomic E-state index is -0.132. The lowest BCUT2D eigenvalue weighted by atomic mass is 10.1. The molecule has 0 aliphatic rings. The molecular weight excluding hydrogens is 306 g/mol. The van der Waals surface area contributed by atoms with Crippen LogP contribution in [0.3, 0.4) is 0 Å². The Morgan fingerprint density at radius 1 is 1.29 bits per heavy atom. The molecule has 0 saturated heterocycles. The van der Waals surface area contributed by atoms with Gasteiger partial charge in [-0.05, 0) is 42.0 Å². The van der Waals surface area contributed by atoms with E-state index in [9.17, 15) is 4.79 Å². The van der Waals surface area contributed by atoms with Crippen LogP contribution in [0, 0.1) is 6.92 Å². The van der Waals surface area contributed by atoms with Gasteiger partial charge in [-0.2, -0.15) is 5.10 Å². The van der Waals surface area contributed by atoms with Gasteiger partial charge in [-0.15, -0.1) is 5.10 Å². The molecule has 24 heavy (non-hydrogen) atoms. The van der Waals surface area contributed by atoms with Crippen LogP contribution in [-0.4, -0.2) is 35.9 Å². The highest BCUT2D eigenvalue weighted by Crippen LogP contribution is 2.21. The molecule has 0 aliphatic carbocycles. The standard InChI is InChI=1S/C16H19N7O/c1-12(18-16(24)8-11-22-13(2)19-20-21-22)14-6-3-4-7-15(14)23-10-5-9-17-23/h3-7,9-10,12H,8,11H2,1-2H3,(H,18,24)/t12-/m0/s1. The number of aromatic nitrogens is 6. The van der Waals surface area contributed by atoms with Crippen LogP contribution in [0.1, 0.15) is 30.8 Å². The van der Waals surface area contributed by atoms with Gasteiger partial charge < -0.3 is 5.32 Å². The van der Waals surface area contributed by atoms with Gasteiger partial charge in [0, 0.05) is 18.8 Å². The third kappa shape index (κ3) is 3.48. The van der Waals surface area contributed by atoms with Crippen molar-refractivity contribution in [1.29, 1.82) is 0 Å². The molecule has 1 aromatic carbocycles. The largest absolute Gasteiger partial charge is 0.349 e. The summed E-state index contributed by atoms with van der Waals surface area (Å²) in [4.78, 5) is 12.2. The average Bonchev–Trinajstić information content (AvgIpc) is 3.24. The van der Waals surface area contributed by atoms with Crippen molar-refractivity contribution in [3.8, 4) is 5.69 Å². The fourth-order valence-electron chi connectivity index (χ4n) is 2.53. The Morgan fingerprint density at radius 2 is 2.12 bits per heavy atom. The SMILES string of the molecule is Cc1nnnn1CCC(=O)N[C@@H](C)c1ccccc1-n1cccn1. The van der Waals surface area contributed by atoms with Crippen molar-refractivity contribution >= 4 is 5.91 Å². The van der Waals surface area contributed by atoms with Crippen LogP contribution >= 0.6 is 0 Å². The van der Waals surface area contributed by atoms with Crippen LogP contribution in [0.15, 0.2) is 42.7 Å². The maximum Gasteiger partial charge on any atom is 0.222 e. The number of aryl methyl sites for hydroxylation is 2. The monoisotopic (exact) mass is 325 g/mol. The normalized spacial score (nSPS) is 12.1. The number of rotatable bonds is 6. The van der Waals surface area contributed by atoms with Crippen molar-refractivity contribution < 1.29 is 4.79 Å². The number of hydrogen-bond donors (Lipinski definition) is 1. The Bertz CT molecular complexity index is 809. The summed E-state index contributed by atoms with van der Waals surface area (Å²) in [6.07, 6.45) is 3.93. The van der Waals surface area contributed by atoms with Gasteiger partial charge in [-0.25, -0.2) is 9.36 Å². The summed E-state index contributed by atoms with van der Waals surface area (Å²) in [7, 11) is 0. The molecule has 2 aromatic heterocycles. The van der Waals surface area contributed by atoms with E-state index in [4.69, 9.17) is 0 Å². The molecule has 0 radical (unpaired) electrons. The zero-order chi connectivity index (χ0) is 16.9. The molecule has 3 rings (SSSR count). The molecule has 8 heteroatoms. The summed E-state index contributed by atoms with van der Waals surface area (Å²) >= 11 is 0. The van der Waals surface area contributed by atoms with Gasteiger partial charge >= 0.3 is 0 Å². The summed E-state index contributed by atoms with van der Waals surface area (Å²) in [5, 5.41) is 18.5. The van der Waals surface area contributed by atoms with E-state index in [-0.39, 0.29) is 11.9 Å². The minimum absolute atomic E-state index is 0.0485. The second kappa shape index (κ2) is 7.03. The molecule has 0 aliphatic heterocycles. The minimum Gasteiger partial charge on any atom is -0.349 e. The van der Waals surface area contributed by atoms with E-state index in [1.165, 1.54) is 0 Å². The molecular formula is C16H19N7O. The quantitative estimate of drug-likeness (QED) is 0.740. The molecule has 3 aromatic rings. The third-order valence-electron chi connectivity index (χ3n) is 3.79. The summed E-state index contributed by atoms with van der Waals surface area (Å²) in [5.41, 5.74) is 1.96. The predicted octanol–water partition coefficient (Wildman–Crippen LogP) is 1.43. The molecule has 2 heterocycles. The number of amides is 1. The zero-order valence-electron chi connectivity index (χ0n) is 13.6. The molecule has 0 saturated carbocycles. The van der Waals surface area contributed by atoms with Gasteiger partial charge in [0.2, 0.25) is 5.91 Å². The van der Waals surface area contributed by atoms with Crippen LogP contribution in [0.2, 0.25) is 0 Å². The lowest BCUT2D eigenvalue weighted by molar-refractivity contribution is -0.122. The number of tetrazole rings is 1. The Morgan fingerprint density at radius 3 is 2.83 bits per heavy atom. The van der Waals surface area contributed by atoms with E-state index in [2.05, 4.69) is 25.9 Å². The number of carbonyl (C=O) groups excluding carboxylic acids is 1. The first-order valence-electron chi connectivity index (χ1n) is 7.76. The van der Waals surface area contributed by atoms with Crippen molar-refractivity contribution in [2.24, 2.45) is 0 Å². The summed E-state index contributed by atoms with van der Waals surface area (Å²) in [6, 6.07) is 9.62. The summed E-state index contributed by atoms with van der Waals surface area (Å²) in [5.74, 6) is 0.646. The van der Waals surface area contributed by atoms with Gasteiger partial charge in [0.1, 0.15) is 5.82 Å². The number of carbonyl (C=O) groups is 1. The van der Waals surface area contributed by atoms with E-state index >= 15 is 0 Å². The first-order valence-corrected chi connectivity index (χ1v) is 7.76.